The lowest BCUT2D eigenvalue weighted by Crippen LogP contribution is -2.46. The van der Waals surface area contributed by atoms with Crippen LogP contribution in [0.5, 0.6) is 0 Å². The molecule has 0 bridgehead atoms. The van der Waals surface area contributed by atoms with Crippen LogP contribution in [0.1, 0.15) is 13.8 Å². The van der Waals surface area contributed by atoms with E-state index in [0.717, 1.165) is 85.4 Å². The Morgan fingerprint density at radius 1 is 0.371 bits per heavy atom. The first-order valence-electron chi connectivity index (χ1n) is 22.2. The van der Waals surface area contributed by atoms with Crippen LogP contribution in [0.4, 0.5) is 66.0 Å². The van der Waals surface area contributed by atoms with E-state index in [4.69, 9.17) is 0 Å². The van der Waals surface area contributed by atoms with E-state index in [1.54, 1.807) is 35.1 Å². The third kappa shape index (κ3) is 14.5. The number of azo groups is 4. The fourth-order valence-electron chi connectivity index (χ4n) is 7.15. The molecule has 0 atom stereocenters. The summed E-state index contributed by atoms with van der Waals surface area (Å²) < 4.78 is 3.93. The molecule has 0 unspecified atom stereocenters. The van der Waals surface area contributed by atoms with E-state index in [1.807, 2.05) is 120 Å². The van der Waals surface area contributed by atoms with Gasteiger partial charge in [0.15, 0.2) is 0 Å². The summed E-state index contributed by atoms with van der Waals surface area (Å²) in [6.07, 6.45) is 7.41. The van der Waals surface area contributed by atoms with Gasteiger partial charge in [0.25, 0.3) is 0 Å². The summed E-state index contributed by atoms with van der Waals surface area (Å²) in [7, 11) is 3.94. The van der Waals surface area contributed by atoms with Crippen LogP contribution >= 0.6 is 45.3 Å². The zero-order valence-corrected chi connectivity index (χ0v) is 43.6. The summed E-state index contributed by atoms with van der Waals surface area (Å²) in [5.74, 6) is 0. The maximum Gasteiger partial charge on any atom is 0.408 e. The number of aryl methyl sites for hydroxylation is 2. The van der Waals surface area contributed by atoms with Crippen molar-refractivity contribution in [3.8, 4) is 0 Å². The van der Waals surface area contributed by atoms with Gasteiger partial charge in [-0.3, -0.25) is 0 Å². The highest BCUT2D eigenvalue weighted by Crippen LogP contribution is 2.29. The molecule has 0 saturated carbocycles. The Kier molecular flexibility index (Phi) is 20.0. The van der Waals surface area contributed by atoms with Crippen molar-refractivity contribution in [1.82, 2.24) is 9.97 Å². The quantitative estimate of drug-likeness (QED) is 0.0677. The van der Waals surface area contributed by atoms with Crippen LogP contribution < -0.4 is 28.7 Å². The molecule has 0 amide bonds. The average Bonchev–Trinajstić information content (AvgIpc) is 4.27. The molecule has 20 heteroatoms. The minimum atomic E-state index is 0. The third-order valence-electron chi connectivity index (χ3n) is 10.8. The Balaban J connectivity index is 0.000000216. The lowest BCUT2D eigenvalue weighted by Gasteiger charge is -2.37. The second kappa shape index (κ2) is 26.7. The number of piperazine rings is 2. The normalized spacial score (nSPS) is 13.8. The number of hydrogen-bond acceptors (Lipinski definition) is 18. The zero-order chi connectivity index (χ0) is 46.9. The SMILES string of the molecule is CC.C[n+]1ccsc1N=Nc1ccc(N2CCN(c3ccc(N=Nc4scc[n+]4C)cc3)CC2)cc1.[CH3-].[CH3-].c1csc(N=Nc2ccc(N3CCN(c4ccc(N=Nc5nccs5)cc4)CC3)cc2)n1. The molecule has 2 saturated heterocycles. The number of benzene rings is 4. The smallest absolute Gasteiger partial charge is 0.368 e. The van der Waals surface area contributed by atoms with Crippen molar-refractivity contribution in [1.29, 1.82) is 0 Å². The van der Waals surface area contributed by atoms with Crippen LogP contribution in [0, 0.1) is 14.9 Å². The summed E-state index contributed by atoms with van der Waals surface area (Å²) in [6.45, 7) is 11.8. The second-order valence-electron chi connectivity index (χ2n) is 15.0. The summed E-state index contributed by atoms with van der Waals surface area (Å²) >= 11 is 6.10. The van der Waals surface area contributed by atoms with E-state index in [0.29, 0.717) is 10.3 Å². The fourth-order valence-corrected chi connectivity index (χ4v) is 9.41. The number of nitrogens with zero attached hydrogens (tertiary/aromatic N) is 16. The molecule has 4 aromatic heterocycles. The number of thiazole rings is 4. The molecule has 8 aromatic rings. The standard InChI is InChI=1S/C24H26N8S2.C22H20N8S2.C2H6.2CH3/c1-29-15-17-33-23(29)27-25-19-3-7-21(8-4-19)31-11-13-32(14-12-31)22-9-5-20(6-10-22)26-28-24-30(2)16-18-34-24;1-5-19(6-2-17(1)25-27-21-23-9-15-31-21)29-11-13-30(14-12-29)20-7-3-18(4-8-20)26-28-22-24-10-16-32-22;1-2;;/h3-10,15-18H,11-14H2,1-2H3;1-10,15-16H,11-14H2;1-2H3;2*1H3/q+2;;;2*-1. The molecule has 6 heterocycles. The maximum absolute atomic E-state index is 4.36. The van der Waals surface area contributed by atoms with Gasteiger partial charge in [0, 0.05) is 109 Å². The van der Waals surface area contributed by atoms with Crippen LogP contribution in [0.3, 0.4) is 0 Å². The molecule has 362 valence electrons. The molecule has 2 aliphatic heterocycles. The number of hydrogen-bond donors (Lipinski definition) is 0. The molecule has 0 spiro atoms. The monoisotopic (exact) mass is 1010 g/mol. The van der Waals surface area contributed by atoms with Gasteiger partial charge in [0.2, 0.25) is 10.3 Å². The summed E-state index contributed by atoms with van der Waals surface area (Å²) in [5.41, 5.74) is 8.23. The van der Waals surface area contributed by atoms with Gasteiger partial charge in [0.05, 0.1) is 35.7 Å². The van der Waals surface area contributed by atoms with Crippen molar-refractivity contribution < 1.29 is 9.13 Å². The Bertz CT molecular complexity index is 2640. The van der Waals surface area contributed by atoms with E-state index >= 15 is 0 Å². The van der Waals surface area contributed by atoms with E-state index < -0.39 is 0 Å². The van der Waals surface area contributed by atoms with Crippen molar-refractivity contribution in [2.75, 3.05) is 72.0 Å². The molecule has 2 fully saturated rings. The summed E-state index contributed by atoms with van der Waals surface area (Å²) in [5, 5.41) is 45.1. The highest BCUT2D eigenvalue weighted by molar-refractivity contribution is 7.13. The van der Waals surface area contributed by atoms with Gasteiger partial charge in [-0.2, -0.15) is 0 Å². The van der Waals surface area contributed by atoms with Crippen LogP contribution in [-0.2, 0) is 14.1 Å². The van der Waals surface area contributed by atoms with Gasteiger partial charge >= 0.3 is 10.3 Å². The Labute approximate surface area is 427 Å². The lowest BCUT2D eigenvalue weighted by atomic mass is 10.2. The first kappa shape index (κ1) is 52.4. The molecule has 0 N–H and O–H groups in total. The van der Waals surface area contributed by atoms with Crippen molar-refractivity contribution in [3.63, 3.8) is 0 Å². The van der Waals surface area contributed by atoms with E-state index in [1.165, 1.54) is 45.4 Å². The molecular formula is C50H58N16S4. The van der Waals surface area contributed by atoms with Gasteiger partial charge in [0.1, 0.15) is 23.8 Å². The minimum absolute atomic E-state index is 0. The van der Waals surface area contributed by atoms with E-state index in [9.17, 15) is 0 Å². The highest BCUT2D eigenvalue weighted by atomic mass is 32.1. The Hall–Kier alpha value is -7.00. The molecular weight excluding hydrogens is 953 g/mol. The topological polar surface area (TPSA) is 145 Å². The molecule has 0 radical (unpaired) electrons. The van der Waals surface area contributed by atoms with E-state index in [-0.39, 0.29) is 14.9 Å². The minimum Gasteiger partial charge on any atom is -0.368 e. The van der Waals surface area contributed by atoms with Crippen LogP contribution in [0.25, 0.3) is 0 Å². The number of rotatable bonds is 12. The molecule has 16 nitrogen and oxygen atoms in total. The maximum atomic E-state index is 4.36. The summed E-state index contributed by atoms with van der Waals surface area (Å²) in [6, 6.07) is 33.1. The second-order valence-corrected chi connectivity index (χ2v) is 18.5. The average molecular weight is 1010 g/mol. The van der Waals surface area contributed by atoms with Crippen molar-refractivity contribution >= 4 is 111 Å². The van der Waals surface area contributed by atoms with Crippen molar-refractivity contribution in [2.24, 2.45) is 55.0 Å². The van der Waals surface area contributed by atoms with Crippen molar-refractivity contribution in [3.05, 3.63) is 158 Å². The first-order chi connectivity index (χ1) is 33.5. The van der Waals surface area contributed by atoms with Crippen molar-refractivity contribution in [2.45, 2.75) is 13.8 Å². The first-order valence-corrected chi connectivity index (χ1v) is 25.7. The van der Waals surface area contributed by atoms with Gasteiger partial charge < -0.3 is 34.5 Å². The molecule has 10 rings (SSSR count). The Morgan fingerprint density at radius 3 is 0.871 bits per heavy atom. The third-order valence-corrected chi connectivity index (χ3v) is 13.8. The van der Waals surface area contributed by atoms with Gasteiger partial charge in [-0.25, -0.2) is 19.1 Å². The van der Waals surface area contributed by atoms with Crippen LogP contribution in [0.15, 0.2) is 184 Å². The number of aromatic nitrogens is 4. The van der Waals surface area contributed by atoms with Gasteiger partial charge in [-0.15, -0.1) is 43.1 Å². The molecule has 70 heavy (non-hydrogen) atoms. The van der Waals surface area contributed by atoms with Gasteiger partial charge in [-0.05, 0) is 130 Å². The highest BCUT2D eigenvalue weighted by Gasteiger charge is 2.20. The molecule has 4 aromatic carbocycles. The van der Waals surface area contributed by atoms with E-state index in [2.05, 4.69) is 119 Å². The Morgan fingerprint density at radius 2 is 0.643 bits per heavy atom. The van der Waals surface area contributed by atoms with Crippen LogP contribution in [0.2, 0.25) is 0 Å². The number of anilines is 4. The molecule has 2 aliphatic rings. The lowest BCUT2D eigenvalue weighted by molar-refractivity contribution is -0.654. The van der Waals surface area contributed by atoms with Crippen LogP contribution in [-0.4, -0.2) is 62.3 Å². The predicted molar refractivity (Wildman–Crippen MR) is 291 cm³/mol. The predicted octanol–water partition coefficient (Wildman–Crippen LogP) is 14.3. The fraction of sp³-hybridized carbons (Fsp3) is 0.240. The zero-order valence-electron chi connectivity index (χ0n) is 40.3. The van der Waals surface area contributed by atoms with Gasteiger partial charge in [-0.1, -0.05) is 13.8 Å². The largest absolute Gasteiger partial charge is 0.408 e. The molecule has 0 aliphatic carbocycles. The summed E-state index contributed by atoms with van der Waals surface area (Å²) in [4.78, 5) is 17.9.